The number of carbonyl (C=O) groups is 1. The second-order valence-corrected chi connectivity index (χ2v) is 5.31. The maximum absolute atomic E-state index is 11.5. The van der Waals surface area contributed by atoms with Crippen LogP contribution < -0.4 is 4.74 Å². The molecule has 4 heteroatoms. The fraction of sp³-hybridized carbons (Fsp3) is 0.375. The SMILES string of the molecule is COc1ccc(C2(C#N)CCC(=O)CC2)c2cc[nH]c12. The van der Waals surface area contributed by atoms with Gasteiger partial charge in [0.25, 0.3) is 0 Å². The number of rotatable bonds is 2. The van der Waals surface area contributed by atoms with Crippen molar-refractivity contribution in [3.63, 3.8) is 0 Å². The molecule has 2 aromatic rings. The first-order valence-corrected chi connectivity index (χ1v) is 6.78. The molecule has 1 saturated carbocycles. The molecule has 1 aromatic carbocycles. The van der Waals surface area contributed by atoms with Crippen molar-refractivity contribution in [2.24, 2.45) is 0 Å². The lowest BCUT2D eigenvalue weighted by molar-refractivity contribution is -0.120. The second kappa shape index (κ2) is 4.68. The lowest BCUT2D eigenvalue weighted by Gasteiger charge is -2.31. The Hall–Kier alpha value is -2.28. The minimum atomic E-state index is -0.555. The van der Waals surface area contributed by atoms with E-state index in [4.69, 9.17) is 4.74 Å². The largest absolute Gasteiger partial charge is 0.495 e. The lowest BCUT2D eigenvalue weighted by atomic mass is 9.69. The Morgan fingerprint density at radius 3 is 2.70 bits per heavy atom. The van der Waals surface area contributed by atoms with Crippen molar-refractivity contribution in [2.75, 3.05) is 7.11 Å². The summed E-state index contributed by atoms with van der Waals surface area (Å²) in [5.41, 5.74) is 1.36. The fourth-order valence-electron chi connectivity index (χ4n) is 3.11. The van der Waals surface area contributed by atoms with Crippen LogP contribution in [-0.2, 0) is 10.2 Å². The molecule has 0 spiro atoms. The van der Waals surface area contributed by atoms with Crippen molar-refractivity contribution in [3.05, 3.63) is 30.0 Å². The van der Waals surface area contributed by atoms with Gasteiger partial charge in [-0.25, -0.2) is 0 Å². The topological polar surface area (TPSA) is 65.9 Å². The zero-order chi connectivity index (χ0) is 14.2. The first-order chi connectivity index (χ1) is 9.70. The number of benzene rings is 1. The summed E-state index contributed by atoms with van der Waals surface area (Å²) in [7, 11) is 1.63. The number of Topliss-reactive ketones (excluding diaryl/α,β-unsaturated/α-hetero) is 1. The van der Waals surface area contributed by atoms with Crippen LogP contribution in [0.2, 0.25) is 0 Å². The summed E-state index contributed by atoms with van der Waals surface area (Å²) in [6, 6.07) is 8.30. The first-order valence-electron chi connectivity index (χ1n) is 6.78. The zero-order valence-corrected chi connectivity index (χ0v) is 11.4. The van der Waals surface area contributed by atoms with Gasteiger partial charge in [-0.1, -0.05) is 6.07 Å². The van der Waals surface area contributed by atoms with Crippen LogP contribution >= 0.6 is 0 Å². The maximum atomic E-state index is 11.5. The Morgan fingerprint density at radius 2 is 2.05 bits per heavy atom. The van der Waals surface area contributed by atoms with Gasteiger partial charge in [0.15, 0.2) is 0 Å². The first kappa shape index (κ1) is 12.7. The number of nitrogens with zero attached hydrogens (tertiary/aromatic N) is 1. The highest BCUT2D eigenvalue weighted by Gasteiger charge is 2.38. The summed E-state index contributed by atoms with van der Waals surface area (Å²) < 4.78 is 5.34. The Morgan fingerprint density at radius 1 is 1.30 bits per heavy atom. The van der Waals surface area contributed by atoms with E-state index in [0.29, 0.717) is 25.7 Å². The summed E-state index contributed by atoms with van der Waals surface area (Å²) in [6.07, 6.45) is 4.05. The van der Waals surface area contributed by atoms with Crippen LogP contribution in [0.4, 0.5) is 0 Å². The molecule has 1 aliphatic rings. The van der Waals surface area contributed by atoms with Crippen LogP contribution in [0.3, 0.4) is 0 Å². The van der Waals surface area contributed by atoms with Gasteiger partial charge in [0.2, 0.25) is 0 Å². The van der Waals surface area contributed by atoms with Gasteiger partial charge in [-0.05, 0) is 30.5 Å². The zero-order valence-electron chi connectivity index (χ0n) is 11.4. The molecule has 0 saturated heterocycles. The molecule has 1 fully saturated rings. The monoisotopic (exact) mass is 268 g/mol. The molecule has 1 N–H and O–H groups in total. The smallest absolute Gasteiger partial charge is 0.142 e. The van der Waals surface area contributed by atoms with E-state index in [1.165, 1.54) is 0 Å². The Balaban J connectivity index is 2.16. The number of ether oxygens (including phenoxy) is 1. The van der Waals surface area contributed by atoms with Crippen LogP contribution in [0.25, 0.3) is 10.9 Å². The molecular formula is C16H16N2O2. The molecule has 4 nitrogen and oxygen atoms in total. The van der Waals surface area contributed by atoms with E-state index < -0.39 is 5.41 Å². The van der Waals surface area contributed by atoms with Crippen LogP contribution in [0.5, 0.6) is 5.75 Å². The number of nitriles is 1. The average Bonchev–Trinajstić information content (AvgIpc) is 2.97. The second-order valence-electron chi connectivity index (χ2n) is 5.31. The van der Waals surface area contributed by atoms with Crippen molar-refractivity contribution in [1.29, 1.82) is 5.26 Å². The van der Waals surface area contributed by atoms with Crippen molar-refractivity contribution in [2.45, 2.75) is 31.1 Å². The molecule has 3 rings (SSSR count). The summed E-state index contributed by atoms with van der Waals surface area (Å²) in [5, 5.41) is 10.7. The van der Waals surface area contributed by atoms with E-state index in [0.717, 1.165) is 22.2 Å². The molecular weight excluding hydrogens is 252 g/mol. The maximum Gasteiger partial charge on any atom is 0.142 e. The van der Waals surface area contributed by atoms with Gasteiger partial charge in [0, 0.05) is 24.4 Å². The third-order valence-corrected chi connectivity index (χ3v) is 4.30. The molecule has 0 atom stereocenters. The Bertz CT molecular complexity index is 699. The number of aromatic nitrogens is 1. The highest BCUT2D eigenvalue weighted by Crippen LogP contribution is 2.42. The standard InChI is InChI=1S/C16H16N2O2/c1-20-14-3-2-13(12-6-9-18-15(12)14)16(10-17)7-4-11(19)5-8-16/h2-3,6,9,18H,4-5,7-8H2,1H3. The van der Waals surface area contributed by atoms with Crippen molar-refractivity contribution in [3.8, 4) is 11.8 Å². The quantitative estimate of drug-likeness (QED) is 0.910. The third kappa shape index (κ3) is 1.78. The number of hydrogen-bond acceptors (Lipinski definition) is 3. The minimum Gasteiger partial charge on any atom is -0.495 e. The number of fused-ring (bicyclic) bond motifs is 1. The molecule has 0 radical (unpaired) electrons. The van der Waals surface area contributed by atoms with Gasteiger partial charge in [0.1, 0.15) is 11.5 Å². The lowest BCUT2D eigenvalue weighted by Crippen LogP contribution is -2.30. The minimum absolute atomic E-state index is 0.259. The van der Waals surface area contributed by atoms with E-state index in [-0.39, 0.29) is 5.78 Å². The number of carbonyl (C=O) groups excluding carboxylic acids is 1. The van der Waals surface area contributed by atoms with Gasteiger partial charge in [-0.2, -0.15) is 5.26 Å². The number of H-pyrrole nitrogens is 1. The van der Waals surface area contributed by atoms with E-state index in [9.17, 15) is 10.1 Å². The number of aromatic amines is 1. The van der Waals surface area contributed by atoms with Gasteiger partial charge in [-0.15, -0.1) is 0 Å². The van der Waals surface area contributed by atoms with Crippen LogP contribution in [0.1, 0.15) is 31.2 Å². The number of nitrogens with one attached hydrogen (secondary N) is 1. The molecule has 20 heavy (non-hydrogen) atoms. The Labute approximate surface area is 117 Å². The third-order valence-electron chi connectivity index (χ3n) is 4.30. The predicted octanol–water partition coefficient (Wildman–Crippen LogP) is 3.08. The summed E-state index contributed by atoms with van der Waals surface area (Å²) in [6.45, 7) is 0. The summed E-state index contributed by atoms with van der Waals surface area (Å²) in [5.74, 6) is 1.03. The predicted molar refractivity (Wildman–Crippen MR) is 75.6 cm³/mol. The molecule has 1 aliphatic carbocycles. The fourth-order valence-corrected chi connectivity index (χ4v) is 3.11. The van der Waals surface area contributed by atoms with Crippen molar-refractivity contribution >= 4 is 16.7 Å². The molecule has 0 amide bonds. The summed E-state index contributed by atoms with van der Waals surface area (Å²) in [4.78, 5) is 14.6. The van der Waals surface area contributed by atoms with Gasteiger partial charge >= 0.3 is 0 Å². The van der Waals surface area contributed by atoms with E-state index in [2.05, 4.69) is 11.1 Å². The van der Waals surface area contributed by atoms with E-state index >= 15 is 0 Å². The molecule has 0 aliphatic heterocycles. The number of hydrogen-bond donors (Lipinski definition) is 1. The molecule has 0 unspecified atom stereocenters. The highest BCUT2D eigenvalue weighted by molar-refractivity contribution is 5.90. The van der Waals surface area contributed by atoms with Gasteiger partial charge in [0.05, 0.1) is 24.1 Å². The molecule has 1 aromatic heterocycles. The van der Waals surface area contributed by atoms with Gasteiger partial charge < -0.3 is 9.72 Å². The molecule has 1 heterocycles. The highest BCUT2D eigenvalue weighted by atomic mass is 16.5. The van der Waals surface area contributed by atoms with Crippen molar-refractivity contribution < 1.29 is 9.53 Å². The van der Waals surface area contributed by atoms with E-state index in [1.807, 2.05) is 24.4 Å². The van der Waals surface area contributed by atoms with Gasteiger partial charge in [-0.3, -0.25) is 4.79 Å². The Kier molecular flexibility index (Phi) is 2.98. The average molecular weight is 268 g/mol. The van der Waals surface area contributed by atoms with E-state index in [1.54, 1.807) is 7.11 Å². The normalized spacial score (nSPS) is 17.9. The van der Waals surface area contributed by atoms with Crippen molar-refractivity contribution in [1.82, 2.24) is 4.98 Å². The number of ketones is 1. The van der Waals surface area contributed by atoms with Crippen LogP contribution in [0, 0.1) is 11.3 Å². The molecule has 0 bridgehead atoms. The van der Waals surface area contributed by atoms with Crippen LogP contribution in [-0.4, -0.2) is 17.9 Å². The molecule has 102 valence electrons. The van der Waals surface area contributed by atoms with Crippen LogP contribution in [0.15, 0.2) is 24.4 Å². The summed E-state index contributed by atoms with van der Waals surface area (Å²) >= 11 is 0. The number of methoxy groups -OCH3 is 1.